The number of carbonyl (C=O) groups is 1. The number of benzene rings is 1. The molecule has 1 heterocycles. The molecular weight excluding hydrogens is 214 g/mol. The molecule has 0 unspecified atom stereocenters. The molecule has 0 bridgehead atoms. The van der Waals surface area contributed by atoms with Gasteiger partial charge in [-0.25, -0.2) is 0 Å². The Morgan fingerprint density at radius 3 is 2.47 bits per heavy atom. The molecule has 3 nitrogen and oxygen atoms in total. The highest BCUT2D eigenvalue weighted by Gasteiger charge is 2.21. The third-order valence-corrected chi connectivity index (χ3v) is 3.43. The van der Waals surface area contributed by atoms with E-state index in [1.54, 1.807) is 0 Å². The summed E-state index contributed by atoms with van der Waals surface area (Å²) in [5, 5.41) is 9.28. The monoisotopic (exact) mass is 233 g/mol. The van der Waals surface area contributed by atoms with E-state index in [9.17, 15) is 9.90 Å². The fraction of sp³-hybridized carbons (Fsp3) is 0.500. The standard InChI is InChI=1S/C14H19NO2/c16-14(17)13(12-6-2-1-3-7-12)8-11-15-9-4-5-10-15/h1-3,6-7,13H,4-5,8-11H2,(H,16,17)/t13-/m0/s1. The molecule has 1 aromatic rings. The van der Waals surface area contributed by atoms with Gasteiger partial charge in [-0.15, -0.1) is 0 Å². The fourth-order valence-corrected chi connectivity index (χ4v) is 2.44. The van der Waals surface area contributed by atoms with Crippen molar-refractivity contribution < 1.29 is 9.90 Å². The van der Waals surface area contributed by atoms with Crippen LogP contribution in [0.3, 0.4) is 0 Å². The van der Waals surface area contributed by atoms with Gasteiger partial charge in [-0.2, -0.15) is 0 Å². The van der Waals surface area contributed by atoms with Gasteiger partial charge in [-0.3, -0.25) is 4.79 Å². The number of aliphatic carboxylic acids is 1. The van der Waals surface area contributed by atoms with Gasteiger partial charge in [-0.1, -0.05) is 30.3 Å². The molecule has 1 aliphatic heterocycles. The second-order valence-electron chi connectivity index (χ2n) is 4.64. The summed E-state index contributed by atoms with van der Waals surface area (Å²) in [5.74, 6) is -1.08. The maximum atomic E-state index is 11.3. The van der Waals surface area contributed by atoms with Crippen LogP contribution in [0.15, 0.2) is 30.3 Å². The molecule has 1 aliphatic rings. The van der Waals surface area contributed by atoms with Gasteiger partial charge >= 0.3 is 5.97 Å². The molecule has 0 amide bonds. The minimum atomic E-state index is -0.713. The van der Waals surface area contributed by atoms with Gasteiger partial charge in [-0.05, 0) is 44.5 Å². The maximum absolute atomic E-state index is 11.3. The second-order valence-corrected chi connectivity index (χ2v) is 4.64. The Hall–Kier alpha value is -1.35. The summed E-state index contributed by atoms with van der Waals surface area (Å²) in [6.07, 6.45) is 3.21. The Bertz CT molecular complexity index is 358. The zero-order chi connectivity index (χ0) is 12.1. The molecule has 0 spiro atoms. The van der Waals surface area contributed by atoms with Crippen LogP contribution in [-0.4, -0.2) is 35.6 Å². The molecule has 0 radical (unpaired) electrons. The molecule has 0 aliphatic carbocycles. The highest BCUT2D eigenvalue weighted by Crippen LogP contribution is 2.21. The molecule has 17 heavy (non-hydrogen) atoms. The van der Waals surface area contributed by atoms with Crippen LogP contribution in [0.4, 0.5) is 0 Å². The molecule has 2 rings (SSSR count). The number of hydrogen-bond donors (Lipinski definition) is 1. The van der Waals surface area contributed by atoms with Crippen LogP contribution >= 0.6 is 0 Å². The number of carboxylic acid groups (broad SMARTS) is 1. The van der Waals surface area contributed by atoms with Crippen molar-refractivity contribution >= 4 is 5.97 Å². The number of carboxylic acids is 1. The lowest BCUT2D eigenvalue weighted by atomic mass is 9.96. The van der Waals surface area contributed by atoms with Crippen molar-refractivity contribution in [1.82, 2.24) is 4.90 Å². The van der Waals surface area contributed by atoms with E-state index in [0.29, 0.717) is 6.42 Å². The number of nitrogens with zero attached hydrogens (tertiary/aromatic N) is 1. The molecule has 1 N–H and O–H groups in total. The van der Waals surface area contributed by atoms with Gasteiger partial charge in [0.05, 0.1) is 5.92 Å². The summed E-state index contributed by atoms with van der Waals surface area (Å²) in [7, 11) is 0. The molecule has 0 aromatic heterocycles. The zero-order valence-corrected chi connectivity index (χ0v) is 10.0. The Morgan fingerprint density at radius 2 is 1.88 bits per heavy atom. The lowest BCUT2D eigenvalue weighted by Gasteiger charge is -2.18. The molecule has 1 atom stereocenters. The highest BCUT2D eigenvalue weighted by atomic mass is 16.4. The maximum Gasteiger partial charge on any atom is 0.311 e. The van der Waals surface area contributed by atoms with Crippen molar-refractivity contribution in [2.45, 2.75) is 25.2 Å². The first-order chi connectivity index (χ1) is 8.27. The molecule has 1 fully saturated rings. The first-order valence-corrected chi connectivity index (χ1v) is 6.27. The van der Waals surface area contributed by atoms with E-state index < -0.39 is 5.97 Å². The van der Waals surface area contributed by atoms with Crippen LogP contribution in [0.1, 0.15) is 30.7 Å². The van der Waals surface area contributed by atoms with Gasteiger partial charge < -0.3 is 10.0 Å². The van der Waals surface area contributed by atoms with E-state index in [2.05, 4.69) is 4.90 Å². The van der Waals surface area contributed by atoms with E-state index in [1.807, 2.05) is 30.3 Å². The Kier molecular flexibility index (Phi) is 4.15. The predicted molar refractivity (Wildman–Crippen MR) is 67.1 cm³/mol. The molecule has 1 saturated heterocycles. The Labute approximate surface area is 102 Å². The second kappa shape index (κ2) is 5.82. The Morgan fingerprint density at radius 1 is 1.24 bits per heavy atom. The zero-order valence-electron chi connectivity index (χ0n) is 10.0. The normalized spacial score (nSPS) is 18.1. The topological polar surface area (TPSA) is 40.5 Å². The quantitative estimate of drug-likeness (QED) is 0.848. The van der Waals surface area contributed by atoms with Crippen molar-refractivity contribution in [2.24, 2.45) is 0 Å². The van der Waals surface area contributed by atoms with Crippen LogP contribution in [0.2, 0.25) is 0 Å². The predicted octanol–water partition coefficient (Wildman–Crippen LogP) is 2.34. The summed E-state index contributed by atoms with van der Waals surface area (Å²) in [5.41, 5.74) is 0.916. The molecular formula is C14H19NO2. The van der Waals surface area contributed by atoms with Gasteiger partial charge in [0.2, 0.25) is 0 Å². The fourth-order valence-electron chi connectivity index (χ4n) is 2.44. The van der Waals surface area contributed by atoms with Gasteiger partial charge in [0.25, 0.3) is 0 Å². The summed E-state index contributed by atoms with van der Waals surface area (Å²) in [6.45, 7) is 3.15. The summed E-state index contributed by atoms with van der Waals surface area (Å²) >= 11 is 0. The summed E-state index contributed by atoms with van der Waals surface area (Å²) < 4.78 is 0. The molecule has 92 valence electrons. The Balaban J connectivity index is 1.95. The van der Waals surface area contributed by atoms with Crippen molar-refractivity contribution in [3.63, 3.8) is 0 Å². The largest absolute Gasteiger partial charge is 0.481 e. The third-order valence-electron chi connectivity index (χ3n) is 3.43. The lowest BCUT2D eigenvalue weighted by Crippen LogP contribution is -2.24. The smallest absolute Gasteiger partial charge is 0.311 e. The summed E-state index contributed by atoms with van der Waals surface area (Å²) in [4.78, 5) is 13.6. The summed E-state index contributed by atoms with van der Waals surface area (Å²) in [6, 6.07) is 9.54. The van der Waals surface area contributed by atoms with Gasteiger partial charge in [0.15, 0.2) is 0 Å². The minimum absolute atomic E-state index is 0.364. The average Bonchev–Trinajstić information content (AvgIpc) is 2.83. The van der Waals surface area contributed by atoms with Crippen molar-refractivity contribution in [1.29, 1.82) is 0 Å². The third kappa shape index (κ3) is 3.30. The lowest BCUT2D eigenvalue weighted by molar-refractivity contribution is -0.139. The minimum Gasteiger partial charge on any atom is -0.481 e. The van der Waals surface area contributed by atoms with Crippen LogP contribution in [0.25, 0.3) is 0 Å². The van der Waals surface area contributed by atoms with Crippen LogP contribution in [-0.2, 0) is 4.79 Å². The SMILES string of the molecule is O=C(O)[C@@H](CCN1CCCC1)c1ccccc1. The molecule has 1 aromatic carbocycles. The first kappa shape index (κ1) is 12.1. The van der Waals surface area contributed by atoms with E-state index in [-0.39, 0.29) is 5.92 Å². The molecule has 0 saturated carbocycles. The van der Waals surface area contributed by atoms with Crippen LogP contribution < -0.4 is 0 Å². The van der Waals surface area contributed by atoms with E-state index >= 15 is 0 Å². The number of rotatable bonds is 5. The first-order valence-electron chi connectivity index (χ1n) is 6.27. The average molecular weight is 233 g/mol. The van der Waals surface area contributed by atoms with Crippen LogP contribution in [0.5, 0.6) is 0 Å². The van der Waals surface area contributed by atoms with E-state index in [0.717, 1.165) is 25.2 Å². The number of likely N-dealkylation sites (tertiary alicyclic amines) is 1. The van der Waals surface area contributed by atoms with Gasteiger partial charge in [0, 0.05) is 0 Å². The van der Waals surface area contributed by atoms with Crippen molar-refractivity contribution in [2.75, 3.05) is 19.6 Å². The van der Waals surface area contributed by atoms with E-state index in [1.165, 1.54) is 12.8 Å². The van der Waals surface area contributed by atoms with E-state index in [4.69, 9.17) is 0 Å². The number of hydrogen-bond acceptors (Lipinski definition) is 2. The van der Waals surface area contributed by atoms with Crippen molar-refractivity contribution in [3.05, 3.63) is 35.9 Å². The molecule has 3 heteroatoms. The highest BCUT2D eigenvalue weighted by molar-refractivity contribution is 5.76. The van der Waals surface area contributed by atoms with Crippen molar-refractivity contribution in [3.8, 4) is 0 Å². The van der Waals surface area contributed by atoms with Gasteiger partial charge in [0.1, 0.15) is 0 Å². The van der Waals surface area contributed by atoms with Crippen LogP contribution in [0, 0.1) is 0 Å².